The first-order chi connectivity index (χ1) is 10.3. The Balaban J connectivity index is 1.66. The average Bonchev–Trinajstić information content (AvgIpc) is 2.81. The Morgan fingerprint density at radius 3 is 2.81 bits per heavy atom. The number of carbonyl (C=O) groups is 1. The van der Waals surface area contributed by atoms with Crippen molar-refractivity contribution >= 4 is 5.91 Å². The van der Waals surface area contributed by atoms with Crippen LogP contribution in [0.5, 0.6) is 0 Å². The van der Waals surface area contributed by atoms with E-state index in [9.17, 15) is 4.79 Å². The summed E-state index contributed by atoms with van der Waals surface area (Å²) in [6.07, 6.45) is 7.93. The van der Waals surface area contributed by atoms with Crippen LogP contribution < -0.4 is 5.32 Å². The van der Waals surface area contributed by atoms with Gasteiger partial charge in [-0.2, -0.15) is 0 Å². The Hall–Kier alpha value is -1.35. The van der Waals surface area contributed by atoms with Crippen molar-refractivity contribution in [3.63, 3.8) is 0 Å². The molecule has 0 radical (unpaired) electrons. The van der Waals surface area contributed by atoms with Crippen LogP contribution in [0, 0.1) is 0 Å². The van der Waals surface area contributed by atoms with Crippen molar-refractivity contribution < 1.29 is 4.79 Å². The molecule has 1 atom stereocenters. The van der Waals surface area contributed by atoms with Gasteiger partial charge in [0.15, 0.2) is 0 Å². The summed E-state index contributed by atoms with van der Waals surface area (Å²) < 4.78 is 0. The second kappa shape index (κ2) is 8.83. The van der Waals surface area contributed by atoms with E-state index in [0.29, 0.717) is 0 Å². The lowest BCUT2D eigenvalue weighted by atomic mass is 10.1. The summed E-state index contributed by atoms with van der Waals surface area (Å²) in [6, 6.07) is 10.6. The van der Waals surface area contributed by atoms with E-state index in [1.54, 1.807) is 0 Å². The van der Waals surface area contributed by atoms with E-state index in [2.05, 4.69) is 35.6 Å². The maximum Gasteiger partial charge on any atom is 0.239 e. The highest BCUT2D eigenvalue weighted by Gasteiger charge is 2.22. The second-order valence-corrected chi connectivity index (χ2v) is 6.06. The lowest BCUT2D eigenvalue weighted by Crippen LogP contribution is -2.44. The fourth-order valence-corrected chi connectivity index (χ4v) is 2.94. The Bertz CT molecular complexity index is 410. The Labute approximate surface area is 128 Å². The fourth-order valence-electron chi connectivity index (χ4n) is 2.94. The van der Waals surface area contributed by atoms with Crippen molar-refractivity contribution in [3.05, 3.63) is 35.9 Å². The number of nitrogens with zero attached hydrogens (tertiary/aromatic N) is 1. The summed E-state index contributed by atoms with van der Waals surface area (Å²) >= 11 is 0. The summed E-state index contributed by atoms with van der Waals surface area (Å²) in [5, 5.41) is 3.39. The number of benzene rings is 1. The zero-order chi connectivity index (χ0) is 14.9. The molecule has 1 aliphatic heterocycles. The molecule has 1 heterocycles. The van der Waals surface area contributed by atoms with Crippen LogP contribution in [0.2, 0.25) is 0 Å². The molecule has 1 amide bonds. The number of amides is 1. The first-order valence-electron chi connectivity index (χ1n) is 8.29. The maximum atomic E-state index is 12.4. The van der Waals surface area contributed by atoms with Crippen molar-refractivity contribution in [2.75, 3.05) is 20.1 Å². The van der Waals surface area contributed by atoms with Gasteiger partial charge in [0.05, 0.1) is 6.04 Å². The summed E-state index contributed by atoms with van der Waals surface area (Å²) in [4.78, 5) is 14.3. The van der Waals surface area contributed by atoms with Crippen molar-refractivity contribution in [1.82, 2.24) is 10.2 Å². The molecule has 0 spiro atoms. The van der Waals surface area contributed by atoms with Crippen LogP contribution >= 0.6 is 0 Å². The van der Waals surface area contributed by atoms with E-state index in [-0.39, 0.29) is 11.9 Å². The standard InChI is InChI=1S/C18H28N2O/c1-20(18(21)17-13-6-3-8-14-19-17)15-9-7-12-16-10-4-2-5-11-16/h2,4-5,10-11,17,19H,3,6-9,12-15H2,1H3. The minimum atomic E-state index is 0.0478. The number of hydrogen-bond donors (Lipinski definition) is 1. The summed E-state index contributed by atoms with van der Waals surface area (Å²) in [6.45, 7) is 1.85. The first kappa shape index (κ1) is 16.0. The van der Waals surface area contributed by atoms with Crippen LogP contribution in [-0.4, -0.2) is 37.0 Å². The zero-order valence-electron chi connectivity index (χ0n) is 13.2. The molecule has 0 aliphatic carbocycles. The van der Waals surface area contributed by atoms with E-state index in [1.165, 1.54) is 24.8 Å². The van der Waals surface area contributed by atoms with Crippen LogP contribution in [0.4, 0.5) is 0 Å². The zero-order valence-corrected chi connectivity index (χ0v) is 13.2. The Kier molecular flexibility index (Phi) is 6.74. The Morgan fingerprint density at radius 2 is 2.00 bits per heavy atom. The number of hydrogen-bond acceptors (Lipinski definition) is 2. The number of nitrogens with one attached hydrogen (secondary N) is 1. The molecular formula is C18H28N2O. The third-order valence-corrected chi connectivity index (χ3v) is 4.29. The molecule has 21 heavy (non-hydrogen) atoms. The summed E-state index contributed by atoms with van der Waals surface area (Å²) in [7, 11) is 1.94. The van der Waals surface area contributed by atoms with Crippen LogP contribution in [0.15, 0.2) is 30.3 Å². The van der Waals surface area contributed by atoms with E-state index in [0.717, 1.165) is 38.8 Å². The predicted molar refractivity (Wildman–Crippen MR) is 87.3 cm³/mol. The molecule has 1 fully saturated rings. The number of unbranched alkanes of at least 4 members (excludes halogenated alkanes) is 1. The average molecular weight is 288 g/mol. The number of likely N-dealkylation sites (N-methyl/N-ethyl adjacent to an activating group) is 1. The molecule has 1 aliphatic rings. The van der Waals surface area contributed by atoms with Crippen molar-refractivity contribution in [1.29, 1.82) is 0 Å². The van der Waals surface area contributed by atoms with Gasteiger partial charge in [0.1, 0.15) is 0 Å². The van der Waals surface area contributed by atoms with Crippen LogP contribution in [0.1, 0.15) is 44.1 Å². The van der Waals surface area contributed by atoms with Crippen LogP contribution in [0.25, 0.3) is 0 Å². The molecule has 2 rings (SSSR count). The van der Waals surface area contributed by atoms with Gasteiger partial charge in [0.25, 0.3) is 0 Å². The van der Waals surface area contributed by atoms with Crippen molar-refractivity contribution in [2.24, 2.45) is 0 Å². The van der Waals surface area contributed by atoms with Crippen LogP contribution in [-0.2, 0) is 11.2 Å². The smallest absolute Gasteiger partial charge is 0.239 e. The molecule has 3 heteroatoms. The number of aryl methyl sites for hydroxylation is 1. The minimum absolute atomic E-state index is 0.0478. The van der Waals surface area contributed by atoms with Gasteiger partial charge in [-0.25, -0.2) is 0 Å². The van der Waals surface area contributed by atoms with Gasteiger partial charge < -0.3 is 10.2 Å². The highest BCUT2D eigenvalue weighted by atomic mass is 16.2. The van der Waals surface area contributed by atoms with E-state index in [4.69, 9.17) is 0 Å². The highest BCUT2D eigenvalue weighted by molar-refractivity contribution is 5.81. The quantitative estimate of drug-likeness (QED) is 0.816. The molecule has 1 saturated heterocycles. The maximum absolute atomic E-state index is 12.4. The molecule has 1 unspecified atom stereocenters. The lowest BCUT2D eigenvalue weighted by Gasteiger charge is -2.23. The predicted octanol–water partition coefficient (Wildman–Crippen LogP) is 3.00. The van der Waals surface area contributed by atoms with Gasteiger partial charge in [0, 0.05) is 13.6 Å². The largest absolute Gasteiger partial charge is 0.344 e. The van der Waals surface area contributed by atoms with E-state index < -0.39 is 0 Å². The van der Waals surface area contributed by atoms with Gasteiger partial charge in [-0.3, -0.25) is 4.79 Å². The van der Waals surface area contributed by atoms with Gasteiger partial charge in [-0.15, -0.1) is 0 Å². The lowest BCUT2D eigenvalue weighted by molar-refractivity contribution is -0.132. The molecule has 0 aromatic heterocycles. The topological polar surface area (TPSA) is 32.3 Å². The normalized spacial score (nSPS) is 19.0. The SMILES string of the molecule is CN(CCCCc1ccccc1)C(=O)C1CCCCCN1. The molecule has 0 bridgehead atoms. The second-order valence-electron chi connectivity index (χ2n) is 6.06. The molecule has 1 aromatic rings. The molecule has 3 nitrogen and oxygen atoms in total. The van der Waals surface area contributed by atoms with Gasteiger partial charge in [-0.05, 0) is 44.2 Å². The summed E-state index contributed by atoms with van der Waals surface area (Å²) in [5.74, 6) is 0.275. The van der Waals surface area contributed by atoms with E-state index >= 15 is 0 Å². The number of carbonyl (C=O) groups excluding carboxylic acids is 1. The Morgan fingerprint density at radius 1 is 1.19 bits per heavy atom. The molecule has 116 valence electrons. The monoisotopic (exact) mass is 288 g/mol. The van der Waals surface area contributed by atoms with Gasteiger partial charge >= 0.3 is 0 Å². The highest BCUT2D eigenvalue weighted by Crippen LogP contribution is 2.11. The van der Waals surface area contributed by atoms with Crippen molar-refractivity contribution in [2.45, 2.75) is 51.0 Å². The third-order valence-electron chi connectivity index (χ3n) is 4.29. The fraction of sp³-hybridized carbons (Fsp3) is 0.611. The van der Waals surface area contributed by atoms with Crippen molar-refractivity contribution in [3.8, 4) is 0 Å². The molecular weight excluding hydrogens is 260 g/mol. The number of rotatable bonds is 6. The van der Waals surface area contributed by atoms with Gasteiger partial charge in [0.2, 0.25) is 5.91 Å². The first-order valence-corrected chi connectivity index (χ1v) is 8.29. The molecule has 1 aromatic carbocycles. The minimum Gasteiger partial charge on any atom is -0.344 e. The summed E-state index contributed by atoms with van der Waals surface area (Å²) in [5.41, 5.74) is 1.39. The van der Waals surface area contributed by atoms with Gasteiger partial charge in [-0.1, -0.05) is 43.2 Å². The molecule has 1 N–H and O–H groups in total. The van der Waals surface area contributed by atoms with E-state index in [1.807, 2.05) is 11.9 Å². The third kappa shape index (κ3) is 5.50. The van der Waals surface area contributed by atoms with Crippen LogP contribution in [0.3, 0.4) is 0 Å². The molecule has 0 saturated carbocycles.